The number of alkyl halides is 5. The number of hydrogen-bond donors (Lipinski definition) is 0. The molecule has 2 heterocycles. The average Bonchev–Trinajstić information content (AvgIpc) is 3.08. The van der Waals surface area contributed by atoms with Crippen LogP contribution in [0.2, 0.25) is 0 Å². The van der Waals surface area contributed by atoms with Crippen LogP contribution in [0, 0.1) is 0 Å². The van der Waals surface area contributed by atoms with Crippen molar-refractivity contribution in [1.29, 1.82) is 0 Å². The summed E-state index contributed by atoms with van der Waals surface area (Å²) in [6.07, 6.45) is -5.79. The fraction of sp³-hybridized carbons (Fsp3) is 0.467. The molecule has 0 aliphatic carbocycles. The van der Waals surface area contributed by atoms with E-state index < -0.39 is 35.1 Å². The SMILES string of the molecule is O=S(=O)(c1ccc(OC(F)F)cc1)N1CCN(c2nc(CC(F)(F)F)no2)CC1. The Balaban J connectivity index is 1.62. The first-order valence-corrected chi connectivity index (χ1v) is 9.68. The number of halogens is 5. The minimum atomic E-state index is -4.47. The Morgan fingerprint density at radius 3 is 2.28 bits per heavy atom. The Labute approximate surface area is 161 Å². The van der Waals surface area contributed by atoms with Gasteiger partial charge in [-0.15, -0.1) is 0 Å². The summed E-state index contributed by atoms with van der Waals surface area (Å²) in [7, 11) is -3.88. The topological polar surface area (TPSA) is 88.8 Å². The Morgan fingerprint density at radius 2 is 1.72 bits per heavy atom. The van der Waals surface area contributed by atoms with Crippen molar-refractivity contribution in [3.05, 3.63) is 30.1 Å². The van der Waals surface area contributed by atoms with E-state index in [0.29, 0.717) is 0 Å². The van der Waals surface area contributed by atoms with E-state index in [9.17, 15) is 30.4 Å². The molecule has 2 aromatic rings. The third-order valence-corrected chi connectivity index (χ3v) is 5.92. The number of sulfonamides is 1. The second-order valence-corrected chi connectivity index (χ2v) is 7.96. The van der Waals surface area contributed by atoms with E-state index in [1.54, 1.807) is 0 Å². The highest BCUT2D eigenvalue weighted by Crippen LogP contribution is 2.24. The van der Waals surface area contributed by atoms with Gasteiger partial charge in [0, 0.05) is 26.2 Å². The monoisotopic (exact) mass is 442 g/mol. The molecule has 1 aliphatic heterocycles. The molecule has 1 fully saturated rings. The van der Waals surface area contributed by atoms with Crippen LogP contribution in [0.5, 0.6) is 5.75 Å². The first kappa shape index (κ1) is 21.2. The van der Waals surface area contributed by atoms with E-state index >= 15 is 0 Å². The zero-order valence-corrected chi connectivity index (χ0v) is 15.5. The number of nitrogens with zero attached hydrogens (tertiary/aromatic N) is 4. The van der Waals surface area contributed by atoms with Crippen molar-refractivity contribution in [3.8, 4) is 5.75 Å². The highest BCUT2D eigenvalue weighted by molar-refractivity contribution is 7.89. The van der Waals surface area contributed by atoms with Gasteiger partial charge in [-0.2, -0.15) is 31.2 Å². The number of hydrogen-bond acceptors (Lipinski definition) is 7. The number of anilines is 1. The zero-order valence-electron chi connectivity index (χ0n) is 14.6. The molecule has 0 bridgehead atoms. The van der Waals surface area contributed by atoms with Crippen LogP contribution in [-0.4, -0.2) is 61.8 Å². The van der Waals surface area contributed by atoms with Crippen molar-refractivity contribution in [2.45, 2.75) is 24.1 Å². The van der Waals surface area contributed by atoms with E-state index in [-0.39, 0.29) is 42.8 Å². The number of benzene rings is 1. The van der Waals surface area contributed by atoms with E-state index in [2.05, 4.69) is 14.9 Å². The standard InChI is InChI=1S/C15H15F5N4O4S/c16-13(17)27-10-1-3-11(4-2-10)29(25,26)24-7-5-23(6-8-24)14-21-12(22-28-14)9-15(18,19)20/h1-4,13H,5-9H2. The summed E-state index contributed by atoms with van der Waals surface area (Å²) in [5.41, 5.74) is 0. The van der Waals surface area contributed by atoms with Gasteiger partial charge in [0.2, 0.25) is 10.0 Å². The predicted octanol–water partition coefficient (Wildman–Crippen LogP) is 2.29. The normalized spacial score (nSPS) is 16.4. The third kappa shape index (κ3) is 5.32. The van der Waals surface area contributed by atoms with Gasteiger partial charge in [0.05, 0.1) is 4.90 Å². The van der Waals surface area contributed by atoms with Crippen LogP contribution in [0.4, 0.5) is 28.0 Å². The number of rotatable bonds is 6. The van der Waals surface area contributed by atoms with Crippen molar-refractivity contribution >= 4 is 16.0 Å². The molecule has 0 N–H and O–H groups in total. The van der Waals surface area contributed by atoms with Gasteiger partial charge < -0.3 is 14.2 Å². The largest absolute Gasteiger partial charge is 0.435 e. The number of ether oxygens (including phenoxy) is 1. The number of aromatic nitrogens is 2. The first-order chi connectivity index (χ1) is 13.5. The molecule has 0 atom stereocenters. The molecule has 0 radical (unpaired) electrons. The summed E-state index contributed by atoms with van der Waals surface area (Å²) in [6, 6.07) is 4.43. The fourth-order valence-corrected chi connectivity index (χ4v) is 4.11. The average molecular weight is 442 g/mol. The summed E-state index contributed by atoms with van der Waals surface area (Å²) in [4.78, 5) is 5.07. The second kappa shape index (κ2) is 8.10. The van der Waals surface area contributed by atoms with Crippen LogP contribution in [0.25, 0.3) is 0 Å². The molecule has 0 amide bonds. The zero-order chi connectivity index (χ0) is 21.2. The predicted molar refractivity (Wildman–Crippen MR) is 88.1 cm³/mol. The Kier molecular flexibility index (Phi) is 5.93. The maximum absolute atomic E-state index is 12.7. The molecule has 0 saturated carbocycles. The molecule has 1 saturated heterocycles. The molecule has 1 aromatic carbocycles. The van der Waals surface area contributed by atoms with E-state index in [1.807, 2.05) is 0 Å². The molecule has 160 valence electrons. The smallest absolute Gasteiger partial charge is 0.396 e. The second-order valence-electron chi connectivity index (χ2n) is 6.03. The maximum atomic E-state index is 12.7. The molecule has 29 heavy (non-hydrogen) atoms. The van der Waals surface area contributed by atoms with Crippen LogP contribution < -0.4 is 9.64 Å². The van der Waals surface area contributed by atoms with Crippen molar-refractivity contribution in [3.63, 3.8) is 0 Å². The molecule has 0 unspecified atom stereocenters. The summed E-state index contributed by atoms with van der Waals surface area (Å²) in [5, 5.41) is 3.28. The fourth-order valence-electron chi connectivity index (χ4n) is 2.69. The van der Waals surface area contributed by atoms with Crippen LogP contribution in [0.3, 0.4) is 0 Å². The highest BCUT2D eigenvalue weighted by Gasteiger charge is 2.33. The summed E-state index contributed by atoms with van der Waals surface area (Å²) < 4.78 is 97.0. The van der Waals surface area contributed by atoms with Crippen molar-refractivity contribution in [1.82, 2.24) is 14.4 Å². The first-order valence-electron chi connectivity index (χ1n) is 8.24. The quantitative estimate of drug-likeness (QED) is 0.635. The molecule has 8 nitrogen and oxygen atoms in total. The summed E-state index contributed by atoms with van der Waals surface area (Å²) in [5.74, 6) is -0.677. The van der Waals surface area contributed by atoms with E-state index in [1.165, 1.54) is 9.21 Å². The van der Waals surface area contributed by atoms with Gasteiger partial charge in [0.25, 0.3) is 0 Å². The van der Waals surface area contributed by atoms with E-state index in [0.717, 1.165) is 24.3 Å². The Hall–Kier alpha value is -2.48. The minimum Gasteiger partial charge on any atom is -0.435 e. The lowest BCUT2D eigenvalue weighted by Gasteiger charge is -2.32. The van der Waals surface area contributed by atoms with Gasteiger partial charge in [-0.1, -0.05) is 5.16 Å². The van der Waals surface area contributed by atoms with Crippen LogP contribution in [-0.2, 0) is 16.4 Å². The molecular formula is C15H15F5N4O4S. The van der Waals surface area contributed by atoms with Crippen LogP contribution >= 0.6 is 0 Å². The van der Waals surface area contributed by atoms with Gasteiger partial charge in [-0.25, -0.2) is 8.42 Å². The number of piperazine rings is 1. The van der Waals surface area contributed by atoms with E-state index in [4.69, 9.17) is 4.52 Å². The molecule has 3 rings (SSSR count). The molecule has 14 heteroatoms. The maximum Gasteiger partial charge on any atom is 0.396 e. The lowest BCUT2D eigenvalue weighted by atomic mass is 10.3. The van der Waals surface area contributed by atoms with Gasteiger partial charge in [-0.3, -0.25) is 0 Å². The lowest BCUT2D eigenvalue weighted by Crippen LogP contribution is -2.48. The molecule has 0 spiro atoms. The minimum absolute atomic E-state index is 0.0224. The summed E-state index contributed by atoms with van der Waals surface area (Å²) >= 11 is 0. The van der Waals surface area contributed by atoms with Gasteiger partial charge in [-0.05, 0) is 24.3 Å². The highest BCUT2D eigenvalue weighted by atomic mass is 32.2. The van der Waals surface area contributed by atoms with Crippen molar-refractivity contribution in [2.24, 2.45) is 0 Å². The van der Waals surface area contributed by atoms with Crippen molar-refractivity contribution < 1.29 is 39.6 Å². The molecular weight excluding hydrogens is 427 g/mol. The molecule has 1 aliphatic rings. The summed E-state index contributed by atoms with van der Waals surface area (Å²) in [6.45, 7) is -2.73. The van der Waals surface area contributed by atoms with Gasteiger partial charge in [0.1, 0.15) is 12.2 Å². The Morgan fingerprint density at radius 1 is 1.10 bits per heavy atom. The van der Waals surface area contributed by atoms with Crippen molar-refractivity contribution in [2.75, 3.05) is 31.1 Å². The van der Waals surface area contributed by atoms with Crippen LogP contribution in [0.15, 0.2) is 33.7 Å². The third-order valence-electron chi connectivity index (χ3n) is 4.01. The van der Waals surface area contributed by atoms with Crippen LogP contribution in [0.1, 0.15) is 5.82 Å². The van der Waals surface area contributed by atoms with Gasteiger partial charge in [0.15, 0.2) is 5.82 Å². The molecule has 1 aromatic heterocycles. The van der Waals surface area contributed by atoms with Gasteiger partial charge >= 0.3 is 18.8 Å². The Bertz CT molecular complexity index is 925. The lowest BCUT2D eigenvalue weighted by molar-refractivity contribution is -0.128.